The Labute approximate surface area is 177 Å². The van der Waals surface area contributed by atoms with E-state index in [4.69, 9.17) is 11.6 Å². The lowest BCUT2D eigenvalue weighted by atomic mass is 10.1. The summed E-state index contributed by atoms with van der Waals surface area (Å²) in [6.45, 7) is 4.48. The zero-order chi connectivity index (χ0) is 21.0. The van der Waals surface area contributed by atoms with Crippen molar-refractivity contribution in [3.8, 4) is 0 Å². The molecule has 2 aromatic carbocycles. The van der Waals surface area contributed by atoms with E-state index in [-0.39, 0.29) is 19.0 Å². The molecule has 29 heavy (non-hydrogen) atoms. The van der Waals surface area contributed by atoms with Crippen molar-refractivity contribution in [1.29, 1.82) is 0 Å². The average Bonchev–Trinajstić information content (AvgIpc) is 2.68. The lowest BCUT2D eigenvalue weighted by molar-refractivity contribution is -0.131. The SMILES string of the molecule is Cc1ccc(CN(CC(=O)N2CCN(c3cccc(Cl)c3)CC2)S(C)(=O)=O)cc1. The van der Waals surface area contributed by atoms with E-state index < -0.39 is 10.0 Å². The van der Waals surface area contributed by atoms with Crippen LogP contribution >= 0.6 is 11.6 Å². The number of anilines is 1. The van der Waals surface area contributed by atoms with Crippen molar-refractivity contribution in [2.75, 3.05) is 43.9 Å². The van der Waals surface area contributed by atoms with Crippen molar-refractivity contribution in [2.24, 2.45) is 0 Å². The van der Waals surface area contributed by atoms with Crippen molar-refractivity contribution >= 4 is 33.2 Å². The van der Waals surface area contributed by atoms with Crippen molar-refractivity contribution in [1.82, 2.24) is 9.21 Å². The van der Waals surface area contributed by atoms with Gasteiger partial charge < -0.3 is 9.80 Å². The number of nitrogens with zero attached hydrogens (tertiary/aromatic N) is 3. The van der Waals surface area contributed by atoms with Crippen LogP contribution < -0.4 is 4.90 Å². The number of aryl methyl sites for hydroxylation is 1. The molecule has 1 fully saturated rings. The third kappa shape index (κ3) is 5.95. The maximum Gasteiger partial charge on any atom is 0.238 e. The lowest BCUT2D eigenvalue weighted by Gasteiger charge is -2.37. The predicted molar refractivity (Wildman–Crippen MR) is 117 cm³/mol. The molecule has 1 amide bonds. The molecular weight excluding hydrogens is 410 g/mol. The number of amides is 1. The van der Waals surface area contributed by atoms with Crippen molar-refractivity contribution in [3.63, 3.8) is 0 Å². The number of piperazine rings is 1. The third-order valence-electron chi connectivity index (χ3n) is 5.07. The fourth-order valence-electron chi connectivity index (χ4n) is 3.33. The molecular formula is C21H26ClN3O3S. The van der Waals surface area contributed by atoms with Gasteiger partial charge in [-0.25, -0.2) is 8.42 Å². The van der Waals surface area contributed by atoms with E-state index in [9.17, 15) is 13.2 Å². The Morgan fingerprint density at radius 2 is 1.72 bits per heavy atom. The van der Waals surface area contributed by atoms with Crippen LogP contribution in [0.3, 0.4) is 0 Å². The van der Waals surface area contributed by atoms with Gasteiger partial charge in [0.2, 0.25) is 15.9 Å². The smallest absolute Gasteiger partial charge is 0.238 e. The summed E-state index contributed by atoms with van der Waals surface area (Å²) in [7, 11) is -3.50. The minimum atomic E-state index is -3.50. The molecule has 0 spiro atoms. The van der Waals surface area contributed by atoms with Gasteiger partial charge in [0.25, 0.3) is 0 Å². The van der Waals surface area contributed by atoms with Crippen LogP contribution in [0.2, 0.25) is 5.02 Å². The zero-order valence-electron chi connectivity index (χ0n) is 16.7. The molecule has 0 saturated carbocycles. The van der Waals surface area contributed by atoms with Gasteiger partial charge in [0.05, 0.1) is 12.8 Å². The van der Waals surface area contributed by atoms with Gasteiger partial charge in [-0.2, -0.15) is 4.31 Å². The highest BCUT2D eigenvalue weighted by Crippen LogP contribution is 2.21. The van der Waals surface area contributed by atoms with Crippen molar-refractivity contribution in [2.45, 2.75) is 13.5 Å². The Balaban J connectivity index is 1.61. The Bertz CT molecular complexity index is 955. The van der Waals surface area contributed by atoms with Crippen LogP contribution in [0.4, 0.5) is 5.69 Å². The number of carbonyl (C=O) groups excluding carboxylic acids is 1. The van der Waals surface area contributed by atoms with Gasteiger partial charge in [0, 0.05) is 43.4 Å². The first-order valence-electron chi connectivity index (χ1n) is 9.51. The molecule has 0 aromatic heterocycles. The van der Waals surface area contributed by atoms with E-state index in [1.165, 1.54) is 4.31 Å². The topological polar surface area (TPSA) is 60.9 Å². The molecule has 156 valence electrons. The highest BCUT2D eigenvalue weighted by molar-refractivity contribution is 7.88. The van der Waals surface area contributed by atoms with Crippen LogP contribution in [-0.2, 0) is 21.4 Å². The molecule has 0 atom stereocenters. The number of carbonyl (C=O) groups is 1. The summed E-state index contributed by atoms with van der Waals surface area (Å²) in [4.78, 5) is 16.7. The highest BCUT2D eigenvalue weighted by atomic mass is 35.5. The summed E-state index contributed by atoms with van der Waals surface area (Å²) < 4.78 is 25.7. The maximum absolute atomic E-state index is 12.8. The summed E-state index contributed by atoms with van der Waals surface area (Å²) in [6, 6.07) is 15.3. The second-order valence-corrected chi connectivity index (χ2v) is 9.78. The number of benzene rings is 2. The maximum atomic E-state index is 12.8. The van der Waals surface area contributed by atoms with Gasteiger partial charge in [0.1, 0.15) is 0 Å². The molecule has 1 aliphatic rings. The fourth-order valence-corrected chi connectivity index (χ4v) is 4.24. The number of hydrogen-bond acceptors (Lipinski definition) is 4. The van der Waals surface area contributed by atoms with Crippen molar-refractivity contribution < 1.29 is 13.2 Å². The highest BCUT2D eigenvalue weighted by Gasteiger charge is 2.26. The van der Waals surface area contributed by atoms with Crippen LogP contribution in [0.1, 0.15) is 11.1 Å². The van der Waals surface area contributed by atoms with E-state index in [1.54, 1.807) is 4.90 Å². The van der Waals surface area contributed by atoms with E-state index in [1.807, 2.05) is 55.5 Å². The van der Waals surface area contributed by atoms with Gasteiger partial charge in [-0.3, -0.25) is 4.79 Å². The standard InChI is InChI=1S/C21H26ClN3O3S/c1-17-6-8-18(9-7-17)15-25(29(2,27)28)16-21(26)24-12-10-23(11-13-24)20-5-3-4-19(22)14-20/h3-9,14H,10-13,15-16H2,1-2H3. The largest absolute Gasteiger partial charge is 0.368 e. The number of rotatable bonds is 6. The summed E-state index contributed by atoms with van der Waals surface area (Å²) in [5.41, 5.74) is 3.00. The van der Waals surface area contributed by atoms with E-state index >= 15 is 0 Å². The predicted octanol–water partition coefficient (Wildman–Crippen LogP) is 2.76. The minimum Gasteiger partial charge on any atom is -0.368 e. The van der Waals surface area contributed by atoms with Gasteiger partial charge >= 0.3 is 0 Å². The normalized spacial score (nSPS) is 15.0. The van der Waals surface area contributed by atoms with Crippen LogP contribution in [-0.4, -0.2) is 62.5 Å². The third-order valence-corrected chi connectivity index (χ3v) is 6.50. The first kappa shape index (κ1) is 21.6. The van der Waals surface area contributed by atoms with Crippen LogP contribution in [0.25, 0.3) is 0 Å². The molecule has 0 unspecified atom stereocenters. The number of halogens is 1. The first-order chi connectivity index (χ1) is 13.7. The second-order valence-electron chi connectivity index (χ2n) is 7.36. The molecule has 1 aliphatic heterocycles. The molecule has 1 heterocycles. The average molecular weight is 436 g/mol. The Morgan fingerprint density at radius 1 is 1.07 bits per heavy atom. The van der Waals surface area contributed by atoms with Gasteiger partial charge in [0.15, 0.2) is 0 Å². The van der Waals surface area contributed by atoms with Gasteiger partial charge in [-0.1, -0.05) is 47.5 Å². The number of hydrogen-bond donors (Lipinski definition) is 0. The Hall–Kier alpha value is -2.09. The molecule has 0 bridgehead atoms. The minimum absolute atomic E-state index is 0.149. The molecule has 6 nitrogen and oxygen atoms in total. The van der Waals surface area contributed by atoms with E-state index in [0.29, 0.717) is 31.2 Å². The molecule has 0 radical (unpaired) electrons. The Kier molecular flexibility index (Phi) is 6.82. The molecule has 3 rings (SSSR count). The van der Waals surface area contributed by atoms with E-state index in [2.05, 4.69) is 4.90 Å². The molecule has 8 heteroatoms. The first-order valence-corrected chi connectivity index (χ1v) is 11.7. The zero-order valence-corrected chi connectivity index (χ0v) is 18.3. The monoisotopic (exact) mass is 435 g/mol. The summed E-state index contributed by atoms with van der Waals surface area (Å²) in [6.07, 6.45) is 1.14. The van der Waals surface area contributed by atoms with E-state index in [0.717, 1.165) is 23.1 Å². The lowest BCUT2D eigenvalue weighted by Crippen LogP contribution is -2.51. The van der Waals surface area contributed by atoms with Crippen LogP contribution in [0, 0.1) is 6.92 Å². The molecule has 0 N–H and O–H groups in total. The van der Waals surface area contributed by atoms with Crippen molar-refractivity contribution in [3.05, 3.63) is 64.7 Å². The fraction of sp³-hybridized carbons (Fsp3) is 0.381. The van der Waals surface area contributed by atoms with Crippen LogP contribution in [0.15, 0.2) is 48.5 Å². The molecule has 1 saturated heterocycles. The second kappa shape index (κ2) is 9.15. The molecule has 0 aliphatic carbocycles. The number of sulfonamides is 1. The van der Waals surface area contributed by atoms with Crippen LogP contribution in [0.5, 0.6) is 0 Å². The summed E-state index contributed by atoms with van der Waals surface area (Å²) >= 11 is 6.06. The summed E-state index contributed by atoms with van der Waals surface area (Å²) in [5, 5.41) is 0.681. The quantitative estimate of drug-likeness (QED) is 0.700. The van der Waals surface area contributed by atoms with Gasteiger partial charge in [-0.15, -0.1) is 0 Å². The Morgan fingerprint density at radius 3 is 2.31 bits per heavy atom. The molecule has 2 aromatic rings. The van der Waals surface area contributed by atoms with Gasteiger partial charge in [-0.05, 0) is 30.7 Å². The summed E-state index contributed by atoms with van der Waals surface area (Å²) in [5.74, 6) is -0.173.